The third-order valence-electron chi connectivity index (χ3n) is 5.72. The second kappa shape index (κ2) is 10.3. The monoisotopic (exact) mass is 408 g/mol. The minimum absolute atomic E-state index is 0.352. The van der Waals surface area contributed by atoms with Crippen LogP contribution in [0.3, 0.4) is 0 Å². The Hall–Kier alpha value is -2.73. The van der Waals surface area contributed by atoms with Crippen molar-refractivity contribution in [3.8, 4) is 11.5 Å². The van der Waals surface area contributed by atoms with Crippen molar-refractivity contribution in [2.45, 2.75) is 31.8 Å². The molecule has 2 aliphatic rings. The number of benzene rings is 2. The molecule has 2 N–H and O–H groups in total. The van der Waals surface area contributed by atoms with Crippen molar-refractivity contribution in [1.82, 2.24) is 15.5 Å². The van der Waals surface area contributed by atoms with Crippen LogP contribution in [-0.2, 0) is 6.54 Å². The van der Waals surface area contributed by atoms with E-state index in [1.54, 1.807) is 0 Å². The first-order valence-electron chi connectivity index (χ1n) is 11.0. The van der Waals surface area contributed by atoms with Gasteiger partial charge in [-0.25, -0.2) is 0 Å². The predicted octanol–water partition coefficient (Wildman–Crippen LogP) is 3.35. The summed E-state index contributed by atoms with van der Waals surface area (Å²) in [4.78, 5) is 6.99. The van der Waals surface area contributed by atoms with Crippen LogP contribution >= 0.6 is 0 Å². The maximum atomic E-state index is 5.80. The maximum Gasteiger partial charge on any atom is 0.191 e. The summed E-state index contributed by atoms with van der Waals surface area (Å²) in [6.45, 7) is 5.22. The van der Waals surface area contributed by atoms with Crippen molar-refractivity contribution in [3.63, 3.8) is 0 Å². The van der Waals surface area contributed by atoms with Crippen molar-refractivity contribution < 1.29 is 9.47 Å². The molecule has 2 aromatic rings. The van der Waals surface area contributed by atoms with E-state index < -0.39 is 0 Å². The first-order valence-corrected chi connectivity index (χ1v) is 11.0. The number of fused-ring (bicyclic) bond motifs is 1. The van der Waals surface area contributed by atoms with Crippen LogP contribution in [0, 0.1) is 0 Å². The Morgan fingerprint density at radius 3 is 2.50 bits per heavy atom. The molecule has 0 aromatic heterocycles. The number of hydrogen-bond donors (Lipinski definition) is 2. The molecule has 4 rings (SSSR count). The summed E-state index contributed by atoms with van der Waals surface area (Å²) in [5.41, 5.74) is 2.49. The van der Waals surface area contributed by atoms with E-state index in [4.69, 9.17) is 9.47 Å². The highest BCUT2D eigenvalue weighted by Gasteiger charge is 2.23. The van der Waals surface area contributed by atoms with Gasteiger partial charge in [-0.2, -0.15) is 0 Å². The van der Waals surface area contributed by atoms with Crippen LogP contribution < -0.4 is 20.1 Å². The molecule has 0 radical (unpaired) electrons. The lowest BCUT2D eigenvalue weighted by molar-refractivity contribution is 0.245. The van der Waals surface area contributed by atoms with Gasteiger partial charge in [0.25, 0.3) is 0 Å². The van der Waals surface area contributed by atoms with Crippen molar-refractivity contribution in [2.24, 2.45) is 4.99 Å². The van der Waals surface area contributed by atoms with Gasteiger partial charge in [0.05, 0.1) is 19.3 Å². The molecular formula is C24H32N4O2. The number of likely N-dealkylation sites (tertiary alicyclic amines) is 1. The van der Waals surface area contributed by atoms with Gasteiger partial charge in [0.15, 0.2) is 17.5 Å². The van der Waals surface area contributed by atoms with Crippen molar-refractivity contribution >= 4 is 5.96 Å². The van der Waals surface area contributed by atoms with E-state index >= 15 is 0 Å². The number of rotatable bonds is 6. The lowest BCUT2D eigenvalue weighted by Gasteiger charge is -2.29. The van der Waals surface area contributed by atoms with Crippen LogP contribution in [0.4, 0.5) is 0 Å². The van der Waals surface area contributed by atoms with Crippen molar-refractivity contribution in [3.05, 3.63) is 59.7 Å². The van der Waals surface area contributed by atoms with Crippen LogP contribution in [0.2, 0.25) is 0 Å². The molecule has 160 valence electrons. The molecule has 6 heteroatoms. The van der Waals surface area contributed by atoms with Crippen LogP contribution in [0.15, 0.2) is 53.5 Å². The Balaban J connectivity index is 1.35. The SMILES string of the molecule is CN=C(NCc1ccc2c(c1)OCCCO2)NCC(c1ccccc1)N1CCCC1. The number of guanidine groups is 1. The van der Waals surface area contributed by atoms with Crippen LogP contribution in [0.5, 0.6) is 11.5 Å². The average Bonchev–Trinajstić information content (AvgIpc) is 3.21. The molecule has 30 heavy (non-hydrogen) atoms. The van der Waals surface area contributed by atoms with Gasteiger partial charge in [0.1, 0.15) is 0 Å². The third kappa shape index (κ3) is 5.25. The van der Waals surface area contributed by atoms with E-state index in [1.165, 1.54) is 18.4 Å². The van der Waals surface area contributed by atoms with Gasteiger partial charge in [-0.05, 0) is 49.2 Å². The van der Waals surface area contributed by atoms with Gasteiger partial charge in [0.2, 0.25) is 0 Å². The van der Waals surface area contributed by atoms with Gasteiger partial charge >= 0.3 is 0 Å². The van der Waals surface area contributed by atoms with Crippen molar-refractivity contribution in [1.29, 1.82) is 0 Å². The van der Waals surface area contributed by atoms with E-state index in [-0.39, 0.29) is 0 Å². The fourth-order valence-corrected chi connectivity index (χ4v) is 4.10. The normalized spacial score (nSPS) is 18.0. The summed E-state index contributed by atoms with van der Waals surface area (Å²) in [5.74, 6) is 2.46. The Morgan fingerprint density at radius 1 is 0.967 bits per heavy atom. The molecule has 2 aromatic carbocycles. The fraction of sp³-hybridized carbons (Fsp3) is 0.458. The summed E-state index contributed by atoms with van der Waals surface area (Å²) in [5, 5.41) is 6.96. The molecule has 2 aliphatic heterocycles. The summed E-state index contributed by atoms with van der Waals surface area (Å²) < 4.78 is 11.5. The Morgan fingerprint density at radius 2 is 1.73 bits per heavy atom. The molecule has 0 bridgehead atoms. The lowest BCUT2D eigenvalue weighted by atomic mass is 10.1. The molecule has 1 unspecified atom stereocenters. The van der Waals surface area contributed by atoms with Gasteiger partial charge in [-0.3, -0.25) is 9.89 Å². The molecule has 6 nitrogen and oxygen atoms in total. The third-order valence-corrected chi connectivity index (χ3v) is 5.72. The van der Waals surface area contributed by atoms with E-state index in [0.717, 1.165) is 49.1 Å². The van der Waals surface area contributed by atoms with Crippen molar-refractivity contribution in [2.75, 3.05) is 39.9 Å². The van der Waals surface area contributed by atoms with E-state index in [1.807, 2.05) is 13.1 Å². The lowest BCUT2D eigenvalue weighted by Crippen LogP contribution is -2.42. The van der Waals surface area contributed by atoms with Gasteiger partial charge in [0, 0.05) is 26.6 Å². The zero-order valence-electron chi connectivity index (χ0n) is 17.8. The van der Waals surface area contributed by atoms with Crippen LogP contribution in [0.25, 0.3) is 0 Å². The highest BCUT2D eigenvalue weighted by atomic mass is 16.5. The molecular weight excluding hydrogens is 376 g/mol. The van der Waals surface area contributed by atoms with E-state index in [9.17, 15) is 0 Å². The topological polar surface area (TPSA) is 58.1 Å². The first-order chi connectivity index (χ1) is 14.8. The smallest absolute Gasteiger partial charge is 0.191 e. The fourth-order valence-electron chi connectivity index (χ4n) is 4.10. The van der Waals surface area contributed by atoms with Crippen LogP contribution in [0.1, 0.15) is 36.4 Å². The second-order valence-corrected chi connectivity index (χ2v) is 7.81. The summed E-state index contributed by atoms with van der Waals surface area (Å²) in [6.07, 6.45) is 3.47. The predicted molar refractivity (Wildman–Crippen MR) is 120 cm³/mol. The zero-order valence-corrected chi connectivity index (χ0v) is 17.8. The van der Waals surface area contributed by atoms with Crippen LogP contribution in [-0.4, -0.2) is 50.8 Å². The zero-order chi connectivity index (χ0) is 20.6. The number of hydrogen-bond acceptors (Lipinski definition) is 4. The minimum atomic E-state index is 0.352. The van der Waals surface area contributed by atoms with Gasteiger partial charge in [-0.15, -0.1) is 0 Å². The van der Waals surface area contributed by atoms with E-state index in [2.05, 4.69) is 63.0 Å². The summed E-state index contributed by atoms with van der Waals surface area (Å²) in [6, 6.07) is 17.2. The number of ether oxygens (including phenoxy) is 2. The molecule has 1 saturated heterocycles. The first kappa shape index (κ1) is 20.5. The summed E-state index contributed by atoms with van der Waals surface area (Å²) >= 11 is 0. The van der Waals surface area contributed by atoms with Gasteiger partial charge < -0.3 is 20.1 Å². The van der Waals surface area contributed by atoms with E-state index in [0.29, 0.717) is 25.8 Å². The minimum Gasteiger partial charge on any atom is -0.490 e. The number of aliphatic imine (C=N–C) groups is 1. The molecule has 0 amide bonds. The largest absolute Gasteiger partial charge is 0.490 e. The number of nitrogens with one attached hydrogen (secondary N) is 2. The maximum absolute atomic E-state index is 5.80. The standard InChI is InChI=1S/C24H32N4O2/c1-25-24(26-17-19-10-11-22-23(16-19)30-15-7-14-29-22)27-18-21(28-12-5-6-13-28)20-8-3-2-4-9-20/h2-4,8-11,16,21H,5-7,12-15,17-18H2,1H3,(H2,25,26,27). The Bertz CT molecular complexity index is 834. The second-order valence-electron chi connectivity index (χ2n) is 7.81. The molecule has 2 heterocycles. The molecule has 0 saturated carbocycles. The molecule has 0 aliphatic carbocycles. The summed E-state index contributed by atoms with van der Waals surface area (Å²) in [7, 11) is 1.82. The Labute approximate surface area is 179 Å². The highest BCUT2D eigenvalue weighted by molar-refractivity contribution is 5.79. The average molecular weight is 409 g/mol. The molecule has 1 fully saturated rings. The number of nitrogens with zero attached hydrogens (tertiary/aromatic N) is 2. The Kier molecular flexibility index (Phi) is 7.08. The molecule has 0 spiro atoms. The molecule has 1 atom stereocenters. The quantitative estimate of drug-likeness (QED) is 0.567. The highest BCUT2D eigenvalue weighted by Crippen LogP contribution is 2.30. The van der Waals surface area contributed by atoms with Gasteiger partial charge in [-0.1, -0.05) is 36.4 Å².